The number of anilines is 3. The lowest BCUT2D eigenvalue weighted by atomic mass is 10.0. The summed E-state index contributed by atoms with van der Waals surface area (Å²) in [5.74, 6) is -1.87. The maximum atomic E-state index is 12.1. The molecule has 13 heteroatoms. The van der Waals surface area contributed by atoms with Crippen LogP contribution in [-0.4, -0.2) is 39.2 Å². The number of carbonyl (C=O) groups is 4. The average Bonchev–Trinajstić information content (AvgIpc) is 3.15. The molecule has 0 unspecified atom stereocenters. The second-order valence-corrected chi connectivity index (χ2v) is 13.6. The predicted octanol–water partition coefficient (Wildman–Crippen LogP) is 7.23. The van der Waals surface area contributed by atoms with E-state index < -0.39 is 27.8 Å². The van der Waals surface area contributed by atoms with Gasteiger partial charge in [0.2, 0.25) is 27.7 Å². The molecule has 3 amide bonds. The first-order valence-electron chi connectivity index (χ1n) is 15.8. The van der Waals surface area contributed by atoms with E-state index in [-0.39, 0.29) is 10.8 Å². The molecule has 5 N–H and O–H groups in total. The summed E-state index contributed by atoms with van der Waals surface area (Å²) in [5.41, 5.74) is 6.29. The largest absolute Gasteiger partial charge is 0.466 e. The number of primary sulfonamides is 1. The number of rotatable bonds is 10. The molecule has 0 radical (unpaired) electrons. The van der Waals surface area contributed by atoms with E-state index in [0.29, 0.717) is 28.2 Å². The van der Waals surface area contributed by atoms with Gasteiger partial charge in [-0.25, -0.2) is 18.4 Å². The second-order valence-electron chi connectivity index (χ2n) is 11.2. The third kappa shape index (κ3) is 12.5. The van der Waals surface area contributed by atoms with Crippen molar-refractivity contribution in [2.45, 2.75) is 11.8 Å². The summed E-state index contributed by atoms with van der Waals surface area (Å²) in [5, 5.41) is 13.2. The lowest BCUT2D eigenvalue weighted by Gasteiger charge is -2.09. The van der Waals surface area contributed by atoms with Crippen LogP contribution in [0.25, 0.3) is 22.3 Å². The Morgan fingerprint density at radius 2 is 0.981 bits per heavy atom. The molecule has 0 atom stereocenters. The molecule has 0 fully saturated rings. The van der Waals surface area contributed by atoms with Crippen molar-refractivity contribution in [3.05, 3.63) is 156 Å². The van der Waals surface area contributed by atoms with Crippen molar-refractivity contribution < 1.29 is 32.3 Å². The maximum Gasteiger partial charge on any atom is 0.330 e. The normalized spacial score (nSPS) is 10.9. The van der Waals surface area contributed by atoms with Crippen LogP contribution < -0.4 is 21.1 Å². The van der Waals surface area contributed by atoms with E-state index in [0.717, 1.165) is 39.9 Å². The summed E-state index contributed by atoms with van der Waals surface area (Å²) < 4.78 is 28.9. The Bertz CT molecular complexity index is 2250. The Morgan fingerprint density at radius 3 is 1.43 bits per heavy atom. The van der Waals surface area contributed by atoms with Gasteiger partial charge in [0.1, 0.15) is 0 Å². The van der Waals surface area contributed by atoms with Gasteiger partial charge in [-0.15, -0.1) is 0 Å². The Balaban J connectivity index is 0.000000251. The fourth-order valence-electron chi connectivity index (χ4n) is 4.76. The quantitative estimate of drug-likeness (QED) is 0.0853. The number of sulfonamides is 1. The zero-order valence-corrected chi connectivity index (χ0v) is 31.0. The summed E-state index contributed by atoms with van der Waals surface area (Å²) in [4.78, 5) is 46.6. The molecule has 11 nitrogen and oxygen atoms in total. The van der Waals surface area contributed by atoms with Gasteiger partial charge in [0.05, 0.1) is 12.0 Å². The van der Waals surface area contributed by atoms with Gasteiger partial charge in [-0.1, -0.05) is 82.7 Å². The van der Waals surface area contributed by atoms with Crippen molar-refractivity contribution in [3.63, 3.8) is 0 Å². The van der Waals surface area contributed by atoms with E-state index in [1.807, 2.05) is 36.4 Å². The van der Waals surface area contributed by atoms with Crippen LogP contribution in [0.15, 0.2) is 155 Å². The minimum atomic E-state index is -3.87. The number of nitrogens with two attached hydrogens (primary N) is 1. The van der Waals surface area contributed by atoms with Crippen molar-refractivity contribution in [2.75, 3.05) is 23.1 Å². The third-order valence-electron chi connectivity index (χ3n) is 7.34. The predicted molar refractivity (Wildman–Crippen MR) is 210 cm³/mol. The minimum Gasteiger partial charge on any atom is -0.466 e. The number of benzene rings is 5. The molecule has 0 aliphatic heterocycles. The van der Waals surface area contributed by atoms with Gasteiger partial charge in [-0.05, 0) is 83.8 Å². The highest BCUT2D eigenvalue weighted by Crippen LogP contribution is 2.28. The smallest absolute Gasteiger partial charge is 0.330 e. The molecule has 5 rings (SSSR count). The molecule has 0 aliphatic rings. The van der Waals surface area contributed by atoms with Crippen molar-refractivity contribution >= 4 is 66.7 Å². The molecule has 0 aliphatic carbocycles. The van der Waals surface area contributed by atoms with Crippen LogP contribution >= 0.6 is 15.9 Å². The van der Waals surface area contributed by atoms with Crippen LogP contribution in [0.2, 0.25) is 0 Å². The number of ether oxygens (including phenoxy) is 1. The van der Waals surface area contributed by atoms with Crippen LogP contribution in [-0.2, 0) is 33.9 Å². The molecule has 5 aromatic carbocycles. The number of hydrogen-bond donors (Lipinski definition) is 4. The minimum absolute atomic E-state index is 0.0199. The Labute approximate surface area is 315 Å². The maximum absolute atomic E-state index is 12.1. The first-order valence-corrected chi connectivity index (χ1v) is 18.2. The molecule has 0 saturated heterocycles. The van der Waals surface area contributed by atoms with E-state index in [9.17, 15) is 27.6 Å². The van der Waals surface area contributed by atoms with Crippen LogP contribution in [0.1, 0.15) is 5.56 Å². The van der Waals surface area contributed by atoms with Gasteiger partial charge in [-0.3, -0.25) is 14.4 Å². The SMILES string of the molecule is COC(=O)/C=C\C(=O)Nc1ccc(-c2ccccc2C)cc1.NS(=O)(=O)c1ccccc1-c1ccc(NC(=O)/C=C\C(=O)Nc2ccc(Br)cc2)cc1. The monoisotopic (exact) mass is 794 g/mol. The van der Waals surface area contributed by atoms with Gasteiger partial charge < -0.3 is 20.7 Å². The Hall–Kier alpha value is -6.15. The highest BCUT2D eigenvalue weighted by Gasteiger charge is 2.14. The summed E-state index contributed by atoms with van der Waals surface area (Å²) in [6.07, 6.45) is 4.48. The molecule has 5 aromatic rings. The van der Waals surface area contributed by atoms with E-state index in [1.54, 1.807) is 66.7 Å². The van der Waals surface area contributed by atoms with Gasteiger partial charge in [0, 0.05) is 51.4 Å². The number of hydrogen-bond acceptors (Lipinski definition) is 7. The van der Waals surface area contributed by atoms with Crippen LogP contribution in [0, 0.1) is 6.92 Å². The number of esters is 1. The molecule has 0 saturated carbocycles. The summed E-state index contributed by atoms with van der Waals surface area (Å²) in [7, 11) is -2.61. The molecule has 53 heavy (non-hydrogen) atoms. The number of aryl methyl sites for hydroxylation is 1. The third-order valence-corrected chi connectivity index (χ3v) is 8.83. The fraction of sp³-hybridized carbons (Fsp3) is 0.0500. The highest BCUT2D eigenvalue weighted by atomic mass is 79.9. The van der Waals surface area contributed by atoms with Crippen molar-refractivity contribution in [1.29, 1.82) is 0 Å². The van der Waals surface area contributed by atoms with Crippen molar-refractivity contribution in [1.82, 2.24) is 0 Å². The fourth-order valence-corrected chi connectivity index (χ4v) is 5.79. The zero-order chi connectivity index (χ0) is 38.4. The number of halogens is 1. The number of amides is 3. The number of nitrogens with one attached hydrogen (secondary N) is 3. The summed E-state index contributed by atoms with van der Waals surface area (Å²) >= 11 is 3.31. The van der Waals surface area contributed by atoms with Crippen LogP contribution in [0.5, 0.6) is 0 Å². The summed E-state index contributed by atoms with van der Waals surface area (Å²) in [6.45, 7) is 2.06. The highest BCUT2D eigenvalue weighted by molar-refractivity contribution is 9.10. The van der Waals surface area contributed by atoms with Crippen molar-refractivity contribution in [3.8, 4) is 22.3 Å². The molecular formula is C40H35BrN4O7S. The van der Waals surface area contributed by atoms with Crippen LogP contribution in [0.3, 0.4) is 0 Å². The van der Waals surface area contributed by atoms with Gasteiger partial charge >= 0.3 is 5.97 Å². The average molecular weight is 796 g/mol. The molecule has 0 heterocycles. The van der Waals surface area contributed by atoms with E-state index in [1.165, 1.54) is 18.7 Å². The Morgan fingerprint density at radius 1 is 0.585 bits per heavy atom. The number of methoxy groups -OCH3 is 1. The summed E-state index contributed by atoms with van der Waals surface area (Å²) in [6, 6.07) is 35.7. The van der Waals surface area contributed by atoms with Crippen LogP contribution in [0.4, 0.5) is 17.1 Å². The number of carbonyl (C=O) groups excluding carboxylic acids is 4. The molecule has 270 valence electrons. The van der Waals surface area contributed by atoms with E-state index in [2.05, 4.69) is 55.7 Å². The van der Waals surface area contributed by atoms with Gasteiger partial charge in [0.25, 0.3) is 0 Å². The van der Waals surface area contributed by atoms with Gasteiger partial charge in [0.15, 0.2) is 0 Å². The Kier molecular flexibility index (Phi) is 14.1. The topological polar surface area (TPSA) is 174 Å². The lowest BCUT2D eigenvalue weighted by Crippen LogP contribution is -2.13. The molecule has 0 spiro atoms. The molecule has 0 aromatic heterocycles. The molecular weight excluding hydrogens is 760 g/mol. The first-order chi connectivity index (χ1) is 25.3. The lowest BCUT2D eigenvalue weighted by molar-refractivity contribution is -0.135. The van der Waals surface area contributed by atoms with Gasteiger partial charge in [-0.2, -0.15) is 0 Å². The second kappa shape index (κ2) is 18.9. The van der Waals surface area contributed by atoms with E-state index >= 15 is 0 Å². The zero-order valence-electron chi connectivity index (χ0n) is 28.6. The van der Waals surface area contributed by atoms with E-state index in [4.69, 9.17) is 5.14 Å². The molecule has 0 bridgehead atoms. The standard InChI is InChI=1S/C22H18BrN3O4S.C18H17NO3/c23-16-7-11-18(12-8-16)26-22(28)14-13-21(27)25-17-9-5-15(6-10-17)19-3-1-2-4-20(19)31(24,29)30;1-13-5-3-4-6-16(13)14-7-9-15(10-8-14)19-17(20)11-12-18(21)22-2/h1-14H,(H,25,27)(H,26,28)(H2,24,29,30);3-12H,1-2H3,(H,19,20)/b14-13-;12-11-. The van der Waals surface area contributed by atoms with Crippen molar-refractivity contribution in [2.24, 2.45) is 5.14 Å². The first kappa shape index (κ1) is 39.6.